The molecule has 126 valence electrons. The van der Waals surface area contributed by atoms with E-state index in [2.05, 4.69) is 15.4 Å². The highest BCUT2D eigenvalue weighted by Gasteiger charge is 2.36. The summed E-state index contributed by atoms with van der Waals surface area (Å²) in [5.74, 6) is -1.24. The molecule has 1 fully saturated rings. The second kappa shape index (κ2) is 6.79. The molecular weight excluding hydrogens is 312 g/mol. The van der Waals surface area contributed by atoms with Gasteiger partial charge < -0.3 is 15.2 Å². The van der Waals surface area contributed by atoms with Crippen molar-refractivity contribution in [2.75, 3.05) is 13.2 Å². The maximum absolute atomic E-state index is 12.6. The predicted molar refractivity (Wildman–Crippen MR) is 83.9 cm³/mol. The molecule has 0 radical (unpaired) electrons. The molecule has 3 rings (SSSR count). The lowest BCUT2D eigenvalue weighted by Gasteiger charge is -2.36. The van der Waals surface area contributed by atoms with Crippen molar-refractivity contribution in [2.24, 2.45) is 0 Å². The molecular formula is C16H18N4O4. The van der Waals surface area contributed by atoms with E-state index >= 15 is 0 Å². The summed E-state index contributed by atoms with van der Waals surface area (Å²) in [7, 11) is 0. The number of amides is 1. The van der Waals surface area contributed by atoms with Crippen LogP contribution in [-0.2, 0) is 9.53 Å². The summed E-state index contributed by atoms with van der Waals surface area (Å²) in [5, 5.41) is 16.1. The molecule has 0 unspecified atom stereocenters. The van der Waals surface area contributed by atoms with Gasteiger partial charge in [0, 0.05) is 18.8 Å². The van der Waals surface area contributed by atoms with E-state index in [1.54, 1.807) is 29.2 Å². The highest BCUT2D eigenvalue weighted by atomic mass is 16.5. The summed E-state index contributed by atoms with van der Waals surface area (Å²) in [6.07, 6.45) is 3.80. The second-order valence-corrected chi connectivity index (χ2v) is 5.81. The number of aromatic nitrogens is 3. The highest BCUT2D eigenvalue weighted by Crippen LogP contribution is 2.25. The third-order valence-electron chi connectivity index (χ3n) is 4.11. The van der Waals surface area contributed by atoms with Crippen LogP contribution in [0.5, 0.6) is 0 Å². The Kier molecular flexibility index (Phi) is 4.57. The summed E-state index contributed by atoms with van der Waals surface area (Å²) >= 11 is 0. The maximum Gasteiger partial charge on any atom is 0.305 e. The lowest BCUT2D eigenvalue weighted by molar-refractivity contribution is -0.139. The number of benzene rings is 1. The molecule has 0 bridgehead atoms. The smallest absolute Gasteiger partial charge is 0.305 e. The van der Waals surface area contributed by atoms with Gasteiger partial charge in [0.1, 0.15) is 12.7 Å². The Morgan fingerprint density at radius 1 is 1.33 bits per heavy atom. The normalized spacial score (nSPS) is 16.5. The van der Waals surface area contributed by atoms with Crippen LogP contribution < -0.4 is 5.32 Å². The van der Waals surface area contributed by atoms with Gasteiger partial charge in [0.05, 0.1) is 17.6 Å². The first-order valence-electron chi connectivity index (χ1n) is 7.65. The molecule has 1 aliphatic rings. The van der Waals surface area contributed by atoms with Crippen molar-refractivity contribution < 1.29 is 19.4 Å². The average Bonchev–Trinajstić information content (AvgIpc) is 3.09. The van der Waals surface area contributed by atoms with Crippen LogP contribution in [0.2, 0.25) is 0 Å². The lowest BCUT2D eigenvalue weighted by Crippen LogP contribution is -2.53. The maximum atomic E-state index is 12.6. The fourth-order valence-corrected chi connectivity index (χ4v) is 2.84. The number of nitrogens with one attached hydrogen (secondary N) is 1. The van der Waals surface area contributed by atoms with Gasteiger partial charge in [0.15, 0.2) is 0 Å². The fourth-order valence-electron chi connectivity index (χ4n) is 2.84. The molecule has 0 spiro atoms. The summed E-state index contributed by atoms with van der Waals surface area (Å²) < 4.78 is 6.85. The number of carbonyl (C=O) groups is 2. The zero-order valence-electron chi connectivity index (χ0n) is 13.0. The molecule has 1 saturated heterocycles. The Labute approximate surface area is 138 Å². The number of rotatable bonds is 5. The number of hydrogen-bond acceptors (Lipinski definition) is 5. The molecule has 1 aromatic carbocycles. The van der Waals surface area contributed by atoms with Crippen LogP contribution in [0.25, 0.3) is 5.69 Å². The molecule has 2 heterocycles. The van der Waals surface area contributed by atoms with Crippen LogP contribution in [0, 0.1) is 0 Å². The quantitative estimate of drug-likeness (QED) is 0.848. The Bertz CT molecular complexity index is 723. The van der Waals surface area contributed by atoms with Crippen molar-refractivity contribution in [2.45, 2.75) is 24.8 Å². The van der Waals surface area contributed by atoms with Crippen LogP contribution >= 0.6 is 0 Å². The zero-order chi connectivity index (χ0) is 17.0. The number of ether oxygens (including phenoxy) is 1. The summed E-state index contributed by atoms with van der Waals surface area (Å²) in [6.45, 7) is 0.874. The first-order valence-corrected chi connectivity index (χ1v) is 7.65. The van der Waals surface area contributed by atoms with Crippen molar-refractivity contribution in [1.29, 1.82) is 0 Å². The van der Waals surface area contributed by atoms with Crippen molar-refractivity contribution in [3.8, 4) is 5.69 Å². The fraction of sp³-hybridized carbons (Fsp3) is 0.375. The first-order chi connectivity index (χ1) is 11.6. The molecule has 0 atom stereocenters. The Morgan fingerprint density at radius 2 is 2.12 bits per heavy atom. The van der Waals surface area contributed by atoms with Gasteiger partial charge in [-0.3, -0.25) is 9.59 Å². The Morgan fingerprint density at radius 3 is 2.79 bits per heavy atom. The largest absolute Gasteiger partial charge is 0.481 e. The third-order valence-corrected chi connectivity index (χ3v) is 4.11. The van der Waals surface area contributed by atoms with Crippen molar-refractivity contribution in [1.82, 2.24) is 20.1 Å². The zero-order valence-corrected chi connectivity index (χ0v) is 13.0. The molecule has 2 N–H and O–H groups in total. The molecule has 8 heteroatoms. The molecule has 1 aromatic heterocycles. The van der Waals surface area contributed by atoms with Crippen LogP contribution in [0.3, 0.4) is 0 Å². The van der Waals surface area contributed by atoms with Gasteiger partial charge >= 0.3 is 5.97 Å². The van der Waals surface area contributed by atoms with Crippen molar-refractivity contribution >= 4 is 11.9 Å². The molecule has 8 nitrogen and oxygen atoms in total. The summed E-state index contributed by atoms with van der Waals surface area (Å²) in [4.78, 5) is 27.7. The number of aliphatic carboxylic acids is 1. The topological polar surface area (TPSA) is 106 Å². The number of carboxylic acids is 1. The van der Waals surface area contributed by atoms with E-state index < -0.39 is 11.5 Å². The summed E-state index contributed by atoms with van der Waals surface area (Å²) in [6, 6.07) is 6.94. The van der Waals surface area contributed by atoms with Gasteiger partial charge in [-0.25, -0.2) is 9.67 Å². The van der Waals surface area contributed by atoms with Crippen LogP contribution in [0.15, 0.2) is 36.9 Å². The highest BCUT2D eigenvalue weighted by molar-refractivity contribution is 5.95. The average molecular weight is 330 g/mol. The first kappa shape index (κ1) is 16.1. The van der Waals surface area contributed by atoms with Gasteiger partial charge in [0.25, 0.3) is 5.91 Å². The van der Waals surface area contributed by atoms with Gasteiger partial charge in [-0.15, -0.1) is 0 Å². The van der Waals surface area contributed by atoms with Crippen molar-refractivity contribution in [3.63, 3.8) is 0 Å². The SMILES string of the molecule is O=C(O)CC1(NC(=O)c2cccc(-n3cncn3)c2)CCOCC1. The Hall–Kier alpha value is -2.74. The van der Waals surface area contributed by atoms with E-state index in [0.29, 0.717) is 37.3 Å². The second-order valence-electron chi connectivity index (χ2n) is 5.81. The van der Waals surface area contributed by atoms with Crippen molar-refractivity contribution in [3.05, 3.63) is 42.5 Å². The van der Waals surface area contributed by atoms with E-state index in [4.69, 9.17) is 4.74 Å². The van der Waals surface area contributed by atoms with Crippen LogP contribution in [-0.4, -0.2) is 50.5 Å². The Balaban J connectivity index is 1.80. The monoisotopic (exact) mass is 330 g/mol. The van der Waals surface area contributed by atoms with E-state index in [1.807, 2.05) is 6.07 Å². The van der Waals surface area contributed by atoms with E-state index in [1.165, 1.54) is 6.33 Å². The minimum Gasteiger partial charge on any atom is -0.481 e. The molecule has 0 saturated carbocycles. The van der Waals surface area contributed by atoms with Crippen LogP contribution in [0.1, 0.15) is 29.6 Å². The van der Waals surface area contributed by atoms with E-state index in [0.717, 1.165) is 0 Å². The standard InChI is InChI=1S/C16H18N4O4/c21-14(22)9-16(4-6-24-7-5-16)19-15(23)12-2-1-3-13(8-12)20-11-17-10-18-20/h1-3,8,10-11H,4-7,9H2,(H,19,23)(H,21,22). The van der Waals surface area contributed by atoms with Gasteiger partial charge in [-0.05, 0) is 31.0 Å². The van der Waals surface area contributed by atoms with Gasteiger partial charge in [-0.1, -0.05) is 6.07 Å². The minimum absolute atomic E-state index is 0.120. The van der Waals surface area contributed by atoms with Gasteiger partial charge in [-0.2, -0.15) is 5.10 Å². The van der Waals surface area contributed by atoms with E-state index in [-0.39, 0.29) is 12.3 Å². The molecule has 2 aromatic rings. The van der Waals surface area contributed by atoms with Gasteiger partial charge in [0.2, 0.25) is 0 Å². The predicted octanol–water partition coefficient (Wildman–Crippen LogP) is 1.02. The molecule has 24 heavy (non-hydrogen) atoms. The lowest BCUT2D eigenvalue weighted by atomic mass is 9.86. The molecule has 1 aliphatic heterocycles. The molecule has 1 amide bonds. The number of hydrogen-bond donors (Lipinski definition) is 2. The number of nitrogens with zero attached hydrogens (tertiary/aromatic N) is 3. The third kappa shape index (κ3) is 3.60. The van der Waals surface area contributed by atoms with Crippen LogP contribution in [0.4, 0.5) is 0 Å². The minimum atomic E-state index is -0.937. The number of carboxylic acid groups (broad SMARTS) is 1. The number of carbonyl (C=O) groups excluding carboxylic acids is 1. The van der Waals surface area contributed by atoms with E-state index in [9.17, 15) is 14.7 Å². The molecule has 0 aliphatic carbocycles. The summed E-state index contributed by atoms with van der Waals surface area (Å²) in [5.41, 5.74) is 0.378.